The number of halogens is 3. The second-order valence-corrected chi connectivity index (χ2v) is 6.85. The molecule has 2 aromatic carbocycles. The highest BCUT2D eigenvalue weighted by Gasteiger charge is 2.22. The molecule has 1 aliphatic rings. The Bertz CT molecular complexity index is 673. The zero-order chi connectivity index (χ0) is 15.7. The lowest BCUT2D eigenvalue weighted by Crippen LogP contribution is -2.13. The van der Waals surface area contributed by atoms with Gasteiger partial charge < -0.3 is 0 Å². The number of hydrogen-bond acceptors (Lipinski definition) is 0. The van der Waals surface area contributed by atoms with Gasteiger partial charge in [-0.3, -0.25) is 0 Å². The summed E-state index contributed by atoms with van der Waals surface area (Å²) in [4.78, 5) is 0. The molecular formula is C19H21ClF2. The lowest BCUT2D eigenvalue weighted by molar-refractivity contribution is 0.308. The third kappa shape index (κ3) is 2.99. The van der Waals surface area contributed by atoms with Crippen LogP contribution in [0.1, 0.15) is 56.9 Å². The van der Waals surface area contributed by atoms with Crippen molar-refractivity contribution >= 4 is 22.4 Å². The Morgan fingerprint density at radius 2 is 1.82 bits per heavy atom. The van der Waals surface area contributed by atoms with Crippen LogP contribution in [-0.2, 0) is 0 Å². The van der Waals surface area contributed by atoms with Crippen molar-refractivity contribution in [2.24, 2.45) is 5.92 Å². The Balaban J connectivity index is 1.85. The highest BCUT2D eigenvalue weighted by molar-refractivity contribution is 6.31. The Kier molecular flexibility index (Phi) is 4.67. The maximum atomic E-state index is 14.0. The van der Waals surface area contributed by atoms with Gasteiger partial charge in [-0.15, -0.1) is 0 Å². The smallest absolute Gasteiger partial charge is 0.152 e. The van der Waals surface area contributed by atoms with E-state index in [0.717, 1.165) is 5.92 Å². The molecule has 0 N–H and O–H groups in total. The number of hydrogen-bond donors (Lipinski definition) is 0. The zero-order valence-electron chi connectivity index (χ0n) is 12.8. The average Bonchev–Trinajstić information content (AvgIpc) is 2.53. The van der Waals surface area contributed by atoms with E-state index in [9.17, 15) is 8.78 Å². The minimum absolute atomic E-state index is 0.398. The van der Waals surface area contributed by atoms with Crippen LogP contribution in [0.3, 0.4) is 0 Å². The maximum absolute atomic E-state index is 14.0. The molecule has 0 aromatic heterocycles. The van der Waals surface area contributed by atoms with E-state index in [0.29, 0.717) is 16.7 Å². The van der Waals surface area contributed by atoms with Crippen LogP contribution >= 0.6 is 11.6 Å². The van der Waals surface area contributed by atoms with Crippen LogP contribution < -0.4 is 0 Å². The predicted molar refractivity (Wildman–Crippen MR) is 88.5 cm³/mol. The van der Waals surface area contributed by atoms with Crippen LogP contribution in [0, 0.1) is 17.6 Å². The summed E-state index contributed by atoms with van der Waals surface area (Å²) in [5.41, 5.74) is 1.20. The van der Waals surface area contributed by atoms with Gasteiger partial charge in [-0.1, -0.05) is 49.6 Å². The Morgan fingerprint density at radius 3 is 2.50 bits per heavy atom. The van der Waals surface area contributed by atoms with Crippen LogP contribution in [-0.4, -0.2) is 0 Å². The molecule has 0 aliphatic heterocycles. The largest absolute Gasteiger partial charge is 0.205 e. The first kappa shape index (κ1) is 15.7. The van der Waals surface area contributed by atoms with Gasteiger partial charge in [0.1, 0.15) is 10.8 Å². The molecular weight excluding hydrogens is 302 g/mol. The molecule has 0 unspecified atom stereocenters. The van der Waals surface area contributed by atoms with Gasteiger partial charge in [0.25, 0.3) is 0 Å². The molecule has 1 saturated carbocycles. The van der Waals surface area contributed by atoms with Gasteiger partial charge in [-0.05, 0) is 54.5 Å². The molecule has 0 spiro atoms. The van der Waals surface area contributed by atoms with Crippen molar-refractivity contribution in [3.05, 3.63) is 46.5 Å². The number of fused-ring (bicyclic) bond motifs is 1. The maximum Gasteiger partial charge on any atom is 0.152 e. The summed E-state index contributed by atoms with van der Waals surface area (Å²) in [6.07, 6.45) is 7.45. The first-order valence-corrected chi connectivity index (χ1v) is 8.55. The number of benzene rings is 2. The highest BCUT2D eigenvalue weighted by atomic mass is 35.5. The molecule has 0 heterocycles. The lowest BCUT2D eigenvalue weighted by atomic mass is 9.77. The summed E-state index contributed by atoms with van der Waals surface area (Å²) in [5.74, 6) is 0.0278. The van der Waals surface area contributed by atoms with Crippen molar-refractivity contribution in [3.63, 3.8) is 0 Å². The first-order valence-electron chi connectivity index (χ1n) is 8.17. The molecule has 2 aromatic rings. The van der Waals surface area contributed by atoms with Crippen molar-refractivity contribution in [2.45, 2.75) is 51.4 Å². The second kappa shape index (κ2) is 6.54. The van der Waals surface area contributed by atoms with Gasteiger partial charge in [0, 0.05) is 5.39 Å². The molecule has 22 heavy (non-hydrogen) atoms. The predicted octanol–water partition coefficient (Wildman–Crippen LogP) is 6.85. The van der Waals surface area contributed by atoms with E-state index in [1.165, 1.54) is 50.2 Å². The molecule has 1 fully saturated rings. The van der Waals surface area contributed by atoms with Crippen molar-refractivity contribution in [3.8, 4) is 0 Å². The van der Waals surface area contributed by atoms with E-state index in [-0.39, 0.29) is 0 Å². The topological polar surface area (TPSA) is 0 Å². The quantitative estimate of drug-likeness (QED) is 0.542. The molecule has 0 amide bonds. The molecule has 0 saturated heterocycles. The fourth-order valence-corrected chi connectivity index (χ4v) is 3.93. The molecule has 0 radical (unpaired) electrons. The summed E-state index contributed by atoms with van der Waals surface area (Å²) in [5, 5.41) is 0.586. The van der Waals surface area contributed by atoms with Crippen LogP contribution in [0.2, 0.25) is 5.02 Å². The van der Waals surface area contributed by atoms with Gasteiger partial charge in [0.15, 0.2) is 5.82 Å². The Morgan fingerprint density at radius 1 is 1.09 bits per heavy atom. The van der Waals surface area contributed by atoms with Gasteiger partial charge >= 0.3 is 0 Å². The zero-order valence-corrected chi connectivity index (χ0v) is 13.6. The van der Waals surface area contributed by atoms with Crippen molar-refractivity contribution in [1.82, 2.24) is 0 Å². The van der Waals surface area contributed by atoms with Crippen molar-refractivity contribution < 1.29 is 8.78 Å². The van der Waals surface area contributed by atoms with Crippen LogP contribution in [0.15, 0.2) is 24.3 Å². The summed E-state index contributed by atoms with van der Waals surface area (Å²) in [6.45, 7) is 2.24. The fraction of sp³-hybridized carbons (Fsp3) is 0.474. The molecule has 3 rings (SSSR count). The Labute approximate surface area is 135 Å². The van der Waals surface area contributed by atoms with Crippen LogP contribution in [0.25, 0.3) is 10.8 Å². The van der Waals surface area contributed by atoms with E-state index < -0.39 is 16.7 Å². The van der Waals surface area contributed by atoms with E-state index in [4.69, 9.17) is 11.6 Å². The SMILES string of the molecule is CCCC1CCC(c2ccc3c(F)c(Cl)c(F)cc3c2)CC1. The summed E-state index contributed by atoms with van der Waals surface area (Å²) in [6, 6.07) is 6.99. The van der Waals surface area contributed by atoms with Gasteiger partial charge in [-0.25, -0.2) is 8.78 Å². The van der Waals surface area contributed by atoms with Gasteiger partial charge in [-0.2, -0.15) is 0 Å². The van der Waals surface area contributed by atoms with Crippen molar-refractivity contribution in [2.75, 3.05) is 0 Å². The van der Waals surface area contributed by atoms with Gasteiger partial charge in [0.2, 0.25) is 0 Å². The highest BCUT2D eigenvalue weighted by Crippen LogP contribution is 2.39. The lowest BCUT2D eigenvalue weighted by Gasteiger charge is -2.28. The fourth-order valence-electron chi connectivity index (χ4n) is 3.77. The molecule has 118 valence electrons. The summed E-state index contributed by atoms with van der Waals surface area (Å²) in [7, 11) is 0. The van der Waals surface area contributed by atoms with E-state index in [1.807, 2.05) is 12.1 Å². The molecule has 0 atom stereocenters. The monoisotopic (exact) mass is 322 g/mol. The van der Waals surface area contributed by atoms with Gasteiger partial charge in [0.05, 0.1) is 0 Å². The molecule has 0 nitrogen and oxygen atoms in total. The molecule has 3 heteroatoms. The first-order chi connectivity index (χ1) is 10.6. The van der Waals surface area contributed by atoms with E-state index in [2.05, 4.69) is 6.92 Å². The van der Waals surface area contributed by atoms with Crippen LogP contribution in [0.5, 0.6) is 0 Å². The van der Waals surface area contributed by atoms with Crippen LogP contribution in [0.4, 0.5) is 8.78 Å². The number of rotatable bonds is 3. The average molecular weight is 323 g/mol. The van der Waals surface area contributed by atoms with E-state index >= 15 is 0 Å². The van der Waals surface area contributed by atoms with E-state index in [1.54, 1.807) is 6.07 Å². The molecule has 1 aliphatic carbocycles. The second-order valence-electron chi connectivity index (χ2n) is 6.47. The third-order valence-electron chi connectivity index (χ3n) is 5.01. The standard InChI is InChI=1S/C19H21ClF2/c1-2-3-12-4-6-13(7-5-12)14-8-9-16-15(10-14)11-17(21)18(20)19(16)22/h8-13H,2-7H2,1H3. The minimum atomic E-state index is -0.685. The normalized spacial score (nSPS) is 22.2. The Hall–Kier alpha value is -1.15. The van der Waals surface area contributed by atoms with Crippen molar-refractivity contribution in [1.29, 1.82) is 0 Å². The minimum Gasteiger partial charge on any atom is -0.205 e. The summed E-state index contributed by atoms with van der Waals surface area (Å²) >= 11 is 5.64. The molecule has 0 bridgehead atoms. The summed E-state index contributed by atoms with van der Waals surface area (Å²) < 4.78 is 27.6. The third-order valence-corrected chi connectivity index (χ3v) is 5.36.